The van der Waals surface area contributed by atoms with Gasteiger partial charge in [-0.15, -0.1) is 10.2 Å². The van der Waals surface area contributed by atoms with E-state index in [0.29, 0.717) is 12.5 Å². The Labute approximate surface area is 137 Å². The Morgan fingerprint density at radius 2 is 2.09 bits per heavy atom. The van der Waals surface area contributed by atoms with Gasteiger partial charge in [-0.25, -0.2) is 0 Å². The van der Waals surface area contributed by atoms with Crippen LogP contribution in [0.4, 0.5) is 0 Å². The van der Waals surface area contributed by atoms with Gasteiger partial charge >= 0.3 is 0 Å². The van der Waals surface area contributed by atoms with E-state index in [4.69, 9.17) is 0 Å². The molecule has 1 aliphatic heterocycles. The van der Waals surface area contributed by atoms with Crippen molar-refractivity contribution < 1.29 is 4.79 Å². The summed E-state index contributed by atoms with van der Waals surface area (Å²) in [5, 5.41) is 8.05. The molecule has 1 aliphatic rings. The highest BCUT2D eigenvalue weighted by atomic mass is 16.2. The molecule has 1 fully saturated rings. The SMILES string of the molecule is Cn1cnnc1CCC1CCCN1C(=O)CCc1ccccc1. The Hall–Kier alpha value is -2.17. The Bertz CT molecular complexity index is 637. The third-order valence-electron chi connectivity index (χ3n) is 4.67. The Morgan fingerprint density at radius 3 is 2.83 bits per heavy atom. The highest BCUT2D eigenvalue weighted by molar-refractivity contribution is 5.77. The molecule has 122 valence electrons. The molecule has 0 bridgehead atoms. The lowest BCUT2D eigenvalue weighted by molar-refractivity contribution is -0.132. The van der Waals surface area contributed by atoms with Gasteiger partial charge in [0.05, 0.1) is 0 Å². The van der Waals surface area contributed by atoms with Gasteiger partial charge in [0.25, 0.3) is 0 Å². The molecule has 5 nitrogen and oxygen atoms in total. The molecule has 1 amide bonds. The van der Waals surface area contributed by atoms with Crippen molar-refractivity contribution in [2.75, 3.05) is 6.54 Å². The second-order valence-corrected chi connectivity index (χ2v) is 6.27. The number of hydrogen-bond acceptors (Lipinski definition) is 3. The highest BCUT2D eigenvalue weighted by Crippen LogP contribution is 2.22. The summed E-state index contributed by atoms with van der Waals surface area (Å²) < 4.78 is 1.95. The fourth-order valence-corrected chi connectivity index (χ4v) is 3.33. The van der Waals surface area contributed by atoms with E-state index < -0.39 is 0 Å². The molecule has 2 aromatic rings. The van der Waals surface area contributed by atoms with E-state index in [9.17, 15) is 4.79 Å². The highest BCUT2D eigenvalue weighted by Gasteiger charge is 2.28. The van der Waals surface area contributed by atoms with Gasteiger partial charge in [-0.3, -0.25) is 4.79 Å². The lowest BCUT2D eigenvalue weighted by Gasteiger charge is -2.24. The van der Waals surface area contributed by atoms with E-state index in [1.807, 2.05) is 29.8 Å². The van der Waals surface area contributed by atoms with E-state index >= 15 is 0 Å². The number of carbonyl (C=O) groups excluding carboxylic acids is 1. The molecule has 0 spiro atoms. The van der Waals surface area contributed by atoms with E-state index in [-0.39, 0.29) is 5.91 Å². The van der Waals surface area contributed by atoms with Gasteiger partial charge in [-0.2, -0.15) is 0 Å². The molecule has 3 rings (SSSR count). The van der Waals surface area contributed by atoms with Crippen LogP contribution in [0.15, 0.2) is 36.7 Å². The van der Waals surface area contributed by atoms with Crippen LogP contribution >= 0.6 is 0 Å². The molecule has 1 aromatic heterocycles. The molecule has 5 heteroatoms. The van der Waals surface area contributed by atoms with Gasteiger partial charge in [0.15, 0.2) is 0 Å². The van der Waals surface area contributed by atoms with Gasteiger partial charge in [-0.05, 0) is 31.2 Å². The van der Waals surface area contributed by atoms with Crippen LogP contribution < -0.4 is 0 Å². The molecule has 1 atom stereocenters. The van der Waals surface area contributed by atoms with Crippen LogP contribution in [0.2, 0.25) is 0 Å². The van der Waals surface area contributed by atoms with Crippen LogP contribution in [0, 0.1) is 0 Å². The van der Waals surface area contributed by atoms with Crippen molar-refractivity contribution in [2.45, 2.75) is 44.6 Å². The van der Waals surface area contributed by atoms with Gasteiger partial charge < -0.3 is 9.47 Å². The molecular formula is C18H24N4O. The van der Waals surface area contributed by atoms with Crippen LogP contribution in [0.25, 0.3) is 0 Å². The second-order valence-electron chi connectivity index (χ2n) is 6.27. The summed E-state index contributed by atoms with van der Waals surface area (Å²) in [5.41, 5.74) is 1.23. The first-order valence-electron chi connectivity index (χ1n) is 8.40. The molecule has 0 radical (unpaired) electrons. The minimum absolute atomic E-state index is 0.286. The average molecular weight is 312 g/mol. The van der Waals surface area contributed by atoms with E-state index in [0.717, 1.165) is 44.5 Å². The zero-order valence-electron chi connectivity index (χ0n) is 13.7. The number of aryl methyl sites for hydroxylation is 3. The minimum atomic E-state index is 0.286. The third kappa shape index (κ3) is 3.97. The number of carbonyl (C=O) groups is 1. The molecule has 23 heavy (non-hydrogen) atoms. The van der Waals surface area contributed by atoms with Crippen LogP contribution in [0.3, 0.4) is 0 Å². The van der Waals surface area contributed by atoms with Gasteiger partial charge in [0, 0.05) is 32.5 Å². The van der Waals surface area contributed by atoms with Crippen LogP contribution in [0.5, 0.6) is 0 Å². The molecule has 1 saturated heterocycles. The molecule has 2 heterocycles. The summed E-state index contributed by atoms with van der Waals surface area (Å²) in [4.78, 5) is 14.6. The largest absolute Gasteiger partial charge is 0.340 e. The van der Waals surface area contributed by atoms with Crippen LogP contribution in [-0.4, -0.2) is 38.2 Å². The second kappa shape index (κ2) is 7.40. The number of nitrogens with zero attached hydrogens (tertiary/aromatic N) is 4. The first-order chi connectivity index (χ1) is 11.2. The van der Waals surface area contributed by atoms with Crippen molar-refractivity contribution in [2.24, 2.45) is 7.05 Å². The smallest absolute Gasteiger partial charge is 0.223 e. The Balaban J connectivity index is 1.51. The Morgan fingerprint density at radius 1 is 1.26 bits per heavy atom. The number of hydrogen-bond donors (Lipinski definition) is 0. The quantitative estimate of drug-likeness (QED) is 0.823. The van der Waals surface area contributed by atoms with Gasteiger partial charge in [-0.1, -0.05) is 30.3 Å². The van der Waals surface area contributed by atoms with E-state index in [2.05, 4.69) is 27.2 Å². The fourth-order valence-electron chi connectivity index (χ4n) is 3.33. The average Bonchev–Trinajstić information content (AvgIpc) is 3.20. The lowest BCUT2D eigenvalue weighted by Crippen LogP contribution is -2.36. The summed E-state index contributed by atoms with van der Waals surface area (Å²) >= 11 is 0. The number of likely N-dealkylation sites (tertiary alicyclic amines) is 1. The van der Waals surface area contributed by atoms with Crippen molar-refractivity contribution in [1.82, 2.24) is 19.7 Å². The first-order valence-corrected chi connectivity index (χ1v) is 8.40. The molecule has 0 saturated carbocycles. The van der Waals surface area contributed by atoms with E-state index in [1.165, 1.54) is 5.56 Å². The molecular weight excluding hydrogens is 288 g/mol. The lowest BCUT2D eigenvalue weighted by atomic mass is 10.1. The maximum Gasteiger partial charge on any atom is 0.223 e. The minimum Gasteiger partial charge on any atom is -0.340 e. The third-order valence-corrected chi connectivity index (χ3v) is 4.67. The van der Waals surface area contributed by atoms with Gasteiger partial charge in [0.2, 0.25) is 5.91 Å². The fraction of sp³-hybridized carbons (Fsp3) is 0.500. The van der Waals surface area contributed by atoms with Crippen LogP contribution in [-0.2, 0) is 24.7 Å². The summed E-state index contributed by atoms with van der Waals surface area (Å²) in [6, 6.07) is 10.6. The maximum absolute atomic E-state index is 12.6. The summed E-state index contributed by atoms with van der Waals surface area (Å²) in [6.45, 7) is 0.900. The molecule has 0 aliphatic carbocycles. The summed E-state index contributed by atoms with van der Waals surface area (Å²) in [7, 11) is 1.97. The van der Waals surface area contributed by atoms with Crippen LogP contribution in [0.1, 0.15) is 37.1 Å². The summed E-state index contributed by atoms with van der Waals surface area (Å²) in [6.07, 6.45) is 7.23. The van der Waals surface area contributed by atoms with Crippen molar-refractivity contribution in [3.8, 4) is 0 Å². The number of rotatable bonds is 6. The molecule has 0 N–H and O–H groups in total. The molecule has 1 unspecified atom stereocenters. The maximum atomic E-state index is 12.6. The standard InChI is InChI=1S/C18H24N4O/c1-21-14-19-20-17(21)11-10-16-8-5-13-22(16)18(23)12-9-15-6-3-2-4-7-15/h2-4,6-7,14,16H,5,8-13H2,1H3. The number of benzene rings is 1. The zero-order valence-corrected chi connectivity index (χ0v) is 13.7. The monoisotopic (exact) mass is 312 g/mol. The van der Waals surface area contributed by atoms with E-state index in [1.54, 1.807) is 6.33 Å². The van der Waals surface area contributed by atoms with Crippen molar-refractivity contribution in [3.63, 3.8) is 0 Å². The van der Waals surface area contributed by atoms with Crippen molar-refractivity contribution in [1.29, 1.82) is 0 Å². The topological polar surface area (TPSA) is 51.0 Å². The zero-order chi connectivity index (χ0) is 16.1. The van der Waals surface area contributed by atoms with Crippen molar-refractivity contribution in [3.05, 3.63) is 48.0 Å². The van der Waals surface area contributed by atoms with Crippen molar-refractivity contribution >= 4 is 5.91 Å². The number of amides is 1. The Kier molecular flexibility index (Phi) is 5.05. The molecule has 1 aromatic carbocycles. The first kappa shape index (κ1) is 15.7. The summed E-state index contributed by atoms with van der Waals surface area (Å²) in [5.74, 6) is 1.28. The van der Waals surface area contributed by atoms with Gasteiger partial charge in [0.1, 0.15) is 12.2 Å². The predicted octanol–water partition coefficient (Wildman–Crippen LogP) is 2.37. The predicted molar refractivity (Wildman–Crippen MR) is 88.8 cm³/mol. The normalized spacial score (nSPS) is 17.6. The number of aromatic nitrogens is 3.